The van der Waals surface area contributed by atoms with Crippen LogP contribution in [0.25, 0.3) is 11.0 Å². The molecule has 0 unspecified atom stereocenters. The van der Waals surface area contributed by atoms with Gasteiger partial charge in [0.15, 0.2) is 17.9 Å². The van der Waals surface area contributed by atoms with Gasteiger partial charge >= 0.3 is 17.6 Å². The number of benzene rings is 1. The summed E-state index contributed by atoms with van der Waals surface area (Å²) in [4.78, 5) is 42.3. The molecular weight excluding hydrogens is 524 g/mol. The zero-order valence-electron chi connectivity index (χ0n) is 22.6. The van der Waals surface area contributed by atoms with Crippen LogP contribution in [0.1, 0.15) is 39.0 Å². The van der Waals surface area contributed by atoms with E-state index >= 15 is 0 Å². The van der Waals surface area contributed by atoms with Crippen LogP contribution in [-0.2, 0) is 14.2 Å². The van der Waals surface area contributed by atoms with Crippen molar-refractivity contribution >= 4 is 22.9 Å². The number of aromatic amines is 1. The first kappa shape index (κ1) is 28.9. The molecule has 1 aliphatic rings. The fraction of sp³-hybridized carbons (Fsp3) is 0.393. The highest BCUT2D eigenvalue weighted by molar-refractivity contribution is 5.99. The van der Waals surface area contributed by atoms with E-state index in [1.54, 1.807) is 43.9 Å². The van der Waals surface area contributed by atoms with Gasteiger partial charge in [0.05, 0.1) is 12.0 Å². The van der Waals surface area contributed by atoms with E-state index in [4.69, 9.17) is 23.4 Å². The van der Waals surface area contributed by atoms with Gasteiger partial charge in [-0.05, 0) is 45.0 Å². The van der Waals surface area contributed by atoms with Crippen molar-refractivity contribution < 1.29 is 43.2 Å². The fourth-order valence-electron chi connectivity index (χ4n) is 4.74. The summed E-state index contributed by atoms with van der Waals surface area (Å²) >= 11 is 0. The number of aromatic hydroxyl groups is 1. The van der Waals surface area contributed by atoms with E-state index in [9.17, 15) is 24.6 Å². The summed E-state index contributed by atoms with van der Waals surface area (Å²) < 4.78 is 27.7. The van der Waals surface area contributed by atoms with Crippen LogP contribution in [0, 0.1) is 13.8 Å². The number of rotatable bonds is 9. The molecule has 1 aliphatic heterocycles. The second-order valence-electron chi connectivity index (χ2n) is 9.34. The Kier molecular flexibility index (Phi) is 8.62. The highest BCUT2D eigenvalue weighted by Crippen LogP contribution is 2.35. The van der Waals surface area contributed by atoms with E-state index in [1.807, 2.05) is 0 Å². The van der Waals surface area contributed by atoms with Gasteiger partial charge in [-0.25, -0.2) is 14.4 Å². The molecule has 12 heteroatoms. The van der Waals surface area contributed by atoms with Crippen LogP contribution in [-0.4, -0.2) is 83.4 Å². The average Bonchev–Trinajstić information content (AvgIpc) is 3.35. The molecule has 0 amide bonds. The number of piperidine rings is 1. The molecule has 4 atom stereocenters. The molecule has 3 aromatic rings. The first-order chi connectivity index (χ1) is 19.1. The van der Waals surface area contributed by atoms with Crippen molar-refractivity contribution in [3.05, 3.63) is 69.9 Å². The maximum Gasteiger partial charge on any atom is 0.355 e. The molecule has 0 aliphatic carbocycles. The van der Waals surface area contributed by atoms with Crippen molar-refractivity contribution in [2.45, 2.75) is 45.3 Å². The van der Waals surface area contributed by atoms with Crippen LogP contribution in [0.5, 0.6) is 11.5 Å². The molecule has 1 aromatic carbocycles. The van der Waals surface area contributed by atoms with Crippen molar-refractivity contribution in [1.82, 2.24) is 9.88 Å². The number of hydrogen-bond donors (Lipinski definition) is 3. The molecule has 12 nitrogen and oxygen atoms in total. The molecule has 40 heavy (non-hydrogen) atoms. The molecular formula is C28H32N2O10. The number of ether oxygens (including phenoxy) is 4. The topological polar surface area (TPSA) is 161 Å². The number of nitrogens with one attached hydrogen (secondary N) is 1. The summed E-state index contributed by atoms with van der Waals surface area (Å²) in [6, 6.07) is 6.26. The summed E-state index contributed by atoms with van der Waals surface area (Å²) in [7, 11) is 1.45. The number of aromatic nitrogens is 1. The summed E-state index contributed by atoms with van der Waals surface area (Å²) in [5.41, 5.74) is -0.327. The predicted octanol–water partition coefficient (Wildman–Crippen LogP) is 2.43. The number of methoxy groups -OCH3 is 1. The molecule has 214 valence electrons. The van der Waals surface area contributed by atoms with Crippen molar-refractivity contribution in [2.24, 2.45) is 0 Å². The van der Waals surface area contributed by atoms with Gasteiger partial charge < -0.3 is 38.6 Å². The lowest BCUT2D eigenvalue weighted by Crippen LogP contribution is -2.64. The first-order valence-corrected chi connectivity index (χ1v) is 12.7. The average molecular weight is 557 g/mol. The molecule has 4 rings (SSSR count). The van der Waals surface area contributed by atoms with Crippen LogP contribution < -0.4 is 10.4 Å². The molecule has 0 radical (unpaired) electrons. The lowest BCUT2D eigenvalue weighted by atomic mass is 9.99. The van der Waals surface area contributed by atoms with Crippen LogP contribution >= 0.6 is 0 Å². The number of aliphatic hydroxyl groups is 1. The minimum absolute atomic E-state index is 0.00107. The Balaban J connectivity index is 1.67. The Labute approximate surface area is 229 Å². The molecule has 1 saturated heterocycles. The smallest absolute Gasteiger partial charge is 0.355 e. The first-order valence-electron chi connectivity index (χ1n) is 12.7. The number of esters is 2. The van der Waals surface area contributed by atoms with Crippen molar-refractivity contribution in [1.29, 1.82) is 0 Å². The highest BCUT2D eigenvalue weighted by Gasteiger charge is 2.47. The minimum Gasteiger partial charge on any atom is -0.506 e. The Bertz CT molecular complexity index is 1480. The largest absolute Gasteiger partial charge is 0.506 e. The number of hydrogen-bond acceptors (Lipinski definition) is 11. The number of likely N-dealkylation sites (tertiary alicyclic amines) is 1. The summed E-state index contributed by atoms with van der Waals surface area (Å²) in [5.74, 6) is -2.00. The third-order valence-corrected chi connectivity index (χ3v) is 6.68. The van der Waals surface area contributed by atoms with Gasteiger partial charge in [-0.2, -0.15) is 0 Å². The Morgan fingerprint density at radius 1 is 1.23 bits per heavy atom. The Morgan fingerprint density at radius 2 is 1.98 bits per heavy atom. The van der Waals surface area contributed by atoms with Crippen LogP contribution in [0.2, 0.25) is 0 Å². The Hall–Kier alpha value is -4.13. The van der Waals surface area contributed by atoms with Crippen molar-refractivity contribution in [2.75, 3.05) is 26.8 Å². The molecule has 0 spiro atoms. The molecule has 0 saturated carbocycles. The number of aryl methyl sites for hydroxylation is 2. The molecule has 2 aromatic heterocycles. The summed E-state index contributed by atoms with van der Waals surface area (Å²) in [6.07, 6.45) is -2.50. The number of nitrogens with zero attached hydrogens (tertiary/aromatic N) is 1. The van der Waals surface area contributed by atoms with Crippen LogP contribution in [0.3, 0.4) is 0 Å². The van der Waals surface area contributed by atoms with Gasteiger partial charge in [-0.1, -0.05) is 6.08 Å². The molecule has 1 fully saturated rings. The normalized spacial score (nSPS) is 21.2. The lowest BCUT2D eigenvalue weighted by Gasteiger charge is -2.45. The fourth-order valence-corrected chi connectivity index (χ4v) is 4.74. The van der Waals surface area contributed by atoms with E-state index in [1.165, 1.54) is 19.2 Å². The zero-order chi connectivity index (χ0) is 29.1. The number of aliphatic hydroxyl groups excluding tert-OH is 1. The number of fused-ring (bicyclic) bond motifs is 1. The van der Waals surface area contributed by atoms with Gasteiger partial charge in [-0.15, -0.1) is 6.58 Å². The van der Waals surface area contributed by atoms with Crippen LogP contribution in [0.15, 0.2) is 46.1 Å². The lowest BCUT2D eigenvalue weighted by molar-refractivity contribution is -0.197. The Morgan fingerprint density at radius 3 is 2.60 bits per heavy atom. The minimum atomic E-state index is -1.31. The number of carbonyl (C=O) groups is 2. The van der Waals surface area contributed by atoms with Gasteiger partial charge in [0.2, 0.25) is 0 Å². The second-order valence-corrected chi connectivity index (χ2v) is 9.34. The monoisotopic (exact) mass is 556 g/mol. The standard InChI is InChI=1S/C28H32N2O10/c1-6-12-30-13-19(22(32)24(25(30)36-5)40-26(33)17-10-8-14(3)29-17)38-18-11-9-16-21(31)20(27(34)37-7-2)28(35)39-23(16)15(18)4/h6,8-11,19,22,24-25,29,31-32H,1,7,12-13H2,2-5H3/t19-,22+,24+,25-/m0/s1. The third-order valence-electron chi connectivity index (χ3n) is 6.68. The van der Waals surface area contributed by atoms with Gasteiger partial charge in [0.1, 0.15) is 35.0 Å². The van der Waals surface area contributed by atoms with Gasteiger partial charge in [-0.3, -0.25) is 4.90 Å². The van der Waals surface area contributed by atoms with Crippen molar-refractivity contribution in [3.63, 3.8) is 0 Å². The number of carbonyl (C=O) groups excluding carboxylic acids is 2. The number of H-pyrrole nitrogens is 1. The van der Waals surface area contributed by atoms with E-state index < -0.39 is 53.4 Å². The molecule has 0 bridgehead atoms. The van der Waals surface area contributed by atoms with E-state index in [-0.39, 0.29) is 35.6 Å². The SMILES string of the molecule is C=CCN1C[C@H](Oc2ccc3c(O)c(C(=O)OCC)c(=O)oc3c2C)[C@@H](O)[C@@H](OC(=O)c2ccc(C)[nH]2)[C@@H]1OC. The van der Waals surface area contributed by atoms with Crippen LogP contribution in [0.4, 0.5) is 0 Å². The maximum absolute atomic E-state index is 12.8. The third kappa shape index (κ3) is 5.46. The van der Waals surface area contributed by atoms with E-state index in [0.717, 1.165) is 5.69 Å². The predicted molar refractivity (Wildman–Crippen MR) is 143 cm³/mol. The van der Waals surface area contributed by atoms with Crippen molar-refractivity contribution in [3.8, 4) is 11.5 Å². The second kappa shape index (κ2) is 11.9. The quantitative estimate of drug-likeness (QED) is 0.202. The van der Waals surface area contributed by atoms with E-state index in [2.05, 4.69) is 11.6 Å². The maximum atomic E-state index is 12.8. The molecule has 3 heterocycles. The van der Waals surface area contributed by atoms with E-state index in [0.29, 0.717) is 12.1 Å². The summed E-state index contributed by atoms with van der Waals surface area (Å²) in [5, 5.41) is 22.1. The van der Waals surface area contributed by atoms with Gasteiger partial charge in [0, 0.05) is 31.5 Å². The zero-order valence-corrected chi connectivity index (χ0v) is 22.6. The highest BCUT2D eigenvalue weighted by atomic mass is 16.6. The summed E-state index contributed by atoms with van der Waals surface area (Å²) in [6.45, 7) is 9.28. The molecule has 3 N–H and O–H groups in total. The van der Waals surface area contributed by atoms with Gasteiger partial charge in [0.25, 0.3) is 0 Å².